The van der Waals surface area contributed by atoms with Gasteiger partial charge in [0, 0.05) is 5.56 Å². The largest absolute Gasteiger partial charge is 0.319 e. The molecule has 0 fully saturated rings. The van der Waals surface area contributed by atoms with E-state index in [-0.39, 0.29) is 11.6 Å². The van der Waals surface area contributed by atoms with Gasteiger partial charge in [-0.1, -0.05) is 23.3 Å². The summed E-state index contributed by atoms with van der Waals surface area (Å²) in [4.78, 5) is 12.1. The van der Waals surface area contributed by atoms with Gasteiger partial charge in [-0.15, -0.1) is 0 Å². The van der Waals surface area contributed by atoms with Crippen LogP contribution in [0.15, 0.2) is 36.4 Å². The van der Waals surface area contributed by atoms with Crippen molar-refractivity contribution in [3.63, 3.8) is 0 Å². The van der Waals surface area contributed by atoms with E-state index >= 15 is 0 Å². The number of benzene rings is 2. The predicted octanol–water partition coefficient (Wildman–Crippen LogP) is 4.00. The Morgan fingerprint density at radius 2 is 1.58 bits per heavy atom. The molecule has 0 radical (unpaired) electrons. The maximum Gasteiger partial charge on any atom is 0.255 e. The molecule has 2 rings (SSSR count). The molecule has 0 bridgehead atoms. The number of aryl methyl sites for hydroxylation is 3. The minimum atomic E-state index is -0.419. The normalized spacial score (nSPS) is 10.3. The highest BCUT2D eigenvalue weighted by Gasteiger charge is 2.10. The maximum absolute atomic E-state index is 13.7. The van der Waals surface area contributed by atoms with Crippen molar-refractivity contribution in [1.82, 2.24) is 0 Å². The van der Waals surface area contributed by atoms with Crippen LogP contribution in [0.25, 0.3) is 0 Å². The first-order valence-corrected chi connectivity index (χ1v) is 6.11. The average molecular weight is 257 g/mol. The van der Waals surface area contributed by atoms with Crippen LogP contribution in [0.1, 0.15) is 27.0 Å². The van der Waals surface area contributed by atoms with E-state index in [9.17, 15) is 9.18 Å². The summed E-state index contributed by atoms with van der Waals surface area (Å²) in [5.74, 6) is -0.715. The summed E-state index contributed by atoms with van der Waals surface area (Å²) in [7, 11) is 0. The SMILES string of the molecule is Cc1cc(C)cc(C(=O)Nc2ccc(C)cc2F)c1. The van der Waals surface area contributed by atoms with E-state index in [1.807, 2.05) is 19.9 Å². The van der Waals surface area contributed by atoms with Crippen molar-refractivity contribution >= 4 is 11.6 Å². The Bertz CT molecular complexity index is 614. The Morgan fingerprint density at radius 1 is 0.947 bits per heavy atom. The van der Waals surface area contributed by atoms with Crippen LogP contribution in [-0.4, -0.2) is 5.91 Å². The van der Waals surface area contributed by atoms with E-state index in [0.29, 0.717) is 5.56 Å². The van der Waals surface area contributed by atoms with Crippen LogP contribution >= 0.6 is 0 Å². The Hall–Kier alpha value is -2.16. The van der Waals surface area contributed by atoms with Crippen molar-refractivity contribution < 1.29 is 9.18 Å². The van der Waals surface area contributed by atoms with Crippen molar-refractivity contribution in [2.24, 2.45) is 0 Å². The number of hydrogen-bond donors (Lipinski definition) is 1. The fourth-order valence-corrected chi connectivity index (χ4v) is 2.02. The highest BCUT2D eigenvalue weighted by Crippen LogP contribution is 2.17. The zero-order valence-corrected chi connectivity index (χ0v) is 11.3. The fourth-order valence-electron chi connectivity index (χ4n) is 2.02. The van der Waals surface area contributed by atoms with Crippen molar-refractivity contribution in [1.29, 1.82) is 0 Å². The number of carbonyl (C=O) groups excluding carboxylic acids is 1. The standard InChI is InChI=1S/C16H16FNO/c1-10-4-5-15(14(17)9-10)18-16(19)13-7-11(2)6-12(3)8-13/h4-9H,1-3H3,(H,18,19). The summed E-state index contributed by atoms with van der Waals surface area (Å²) in [6.45, 7) is 5.66. The third-order valence-electron chi connectivity index (χ3n) is 2.86. The van der Waals surface area contributed by atoms with Gasteiger partial charge in [0.05, 0.1) is 5.69 Å². The number of carbonyl (C=O) groups is 1. The minimum Gasteiger partial charge on any atom is -0.319 e. The predicted molar refractivity (Wildman–Crippen MR) is 75.0 cm³/mol. The summed E-state index contributed by atoms with van der Waals surface area (Å²) in [6.07, 6.45) is 0. The maximum atomic E-state index is 13.7. The molecule has 1 amide bonds. The van der Waals surface area contributed by atoms with Gasteiger partial charge in [0.15, 0.2) is 0 Å². The quantitative estimate of drug-likeness (QED) is 0.865. The second-order valence-electron chi connectivity index (χ2n) is 4.81. The van der Waals surface area contributed by atoms with Gasteiger partial charge < -0.3 is 5.32 Å². The van der Waals surface area contributed by atoms with Gasteiger partial charge in [0.2, 0.25) is 0 Å². The summed E-state index contributed by atoms with van der Waals surface area (Å²) in [5, 5.41) is 2.59. The van der Waals surface area contributed by atoms with Gasteiger partial charge in [-0.2, -0.15) is 0 Å². The lowest BCUT2D eigenvalue weighted by atomic mass is 10.1. The minimum absolute atomic E-state index is 0.203. The van der Waals surface area contributed by atoms with E-state index in [4.69, 9.17) is 0 Å². The second kappa shape index (κ2) is 5.22. The number of anilines is 1. The topological polar surface area (TPSA) is 29.1 Å². The second-order valence-corrected chi connectivity index (χ2v) is 4.81. The van der Waals surface area contributed by atoms with Crippen LogP contribution in [0.2, 0.25) is 0 Å². The van der Waals surface area contributed by atoms with Crippen LogP contribution in [-0.2, 0) is 0 Å². The molecule has 2 nitrogen and oxygen atoms in total. The molecule has 2 aromatic rings. The Labute approximate surface area is 112 Å². The molecular formula is C16H16FNO. The van der Waals surface area contributed by atoms with E-state index in [2.05, 4.69) is 5.32 Å². The molecule has 0 heterocycles. The van der Waals surface area contributed by atoms with Crippen LogP contribution in [0.4, 0.5) is 10.1 Å². The Morgan fingerprint density at radius 3 is 2.16 bits per heavy atom. The molecule has 19 heavy (non-hydrogen) atoms. The molecule has 0 atom stereocenters. The number of hydrogen-bond acceptors (Lipinski definition) is 1. The number of halogens is 1. The molecule has 0 aliphatic carbocycles. The zero-order chi connectivity index (χ0) is 14.0. The smallest absolute Gasteiger partial charge is 0.255 e. The molecular weight excluding hydrogens is 241 g/mol. The molecule has 0 saturated heterocycles. The lowest BCUT2D eigenvalue weighted by Gasteiger charge is -2.08. The molecule has 3 heteroatoms. The molecule has 0 aliphatic rings. The van der Waals surface area contributed by atoms with Gasteiger partial charge >= 0.3 is 0 Å². The lowest BCUT2D eigenvalue weighted by molar-refractivity contribution is 0.102. The number of nitrogens with one attached hydrogen (secondary N) is 1. The van der Waals surface area contributed by atoms with Gasteiger partial charge in [0.1, 0.15) is 5.82 Å². The van der Waals surface area contributed by atoms with Crippen LogP contribution < -0.4 is 5.32 Å². The first-order chi connectivity index (χ1) is 8.95. The first-order valence-electron chi connectivity index (χ1n) is 6.11. The molecule has 2 aromatic carbocycles. The van der Waals surface area contributed by atoms with Crippen LogP contribution in [0.3, 0.4) is 0 Å². The van der Waals surface area contributed by atoms with Crippen LogP contribution in [0, 0.1) is 26.6 Å². The average Bonchev–Trinajstić information content (AvgIpc) is 2.31. The van der Waals surface area contributed by atoms with Gasteiger partial charge in [0.25, 0.3) is 5.91 Å². The molecule has 1 N–H and O–H groups in total. The summed E-state index contributed by atoms with van der Waals surface area (Å²) >= 11 is 0. The van der Waals surface area contributed by atoms with Crippen molar-refractivity contribution in [3.8, 4) is 0 Å². The first kappa shape index (κ1) is 13.3. The van der Waals surface area contributed by atoms with Crippen molar-refractivity contribution in [2.75, 3.05) is 5.32 Å². The van der Waals surface area contributed by atoms with Gasteiger partial charge in [-0.3, -0.25) is 4.79 Å². The summed E-state index contributed by atoms with van der Waals surface area (Å²) in [6, 6.07) is 10.3. The van der Waals surface area contributed by atoms with Crippen molar-refractivity contribution in [2.45, 2.75) is 20.8 Å². The summed E-state index contributed by atoms with van der Waals surface area (Å²) < 4.78 is 13.7. The van der Waals surface area contributed by atoms with Gasteiger partial charge in [-0.25, -0.2) is 4.39 Å². The molecule has 0 aliphatic heterocycles. The lowest BCUT2D eigenvalue weighted by Crippen LogP contribution is -2.13. The van der Waals surface area contributed by atoms with E-state index in [0.717, 1.165) is 16.7 Å². The number of rotatable bonds is 2. The fraction of sp³-hybridized carbons (Fsp3) is 0.188. The Kier molecular flexibility index (Phi) is 3.65. The van der Waals surface area contributed by atoms with E-state index in [1.165, 1.54) is 6.07 Å². The monoisotopic (exact) mass is 257 g/mol. The molecule has 0 saturated carbocycles. The third-order valence-corrected chi connectivity index (χ3v) is 2.86. The molecule has 0 spiro atoms. The van der Waals surface area contributed by atoms with E-state index in [1.54, 1.807) is 31.2 Å². The van der Waals surface area contributed by atoms with E-state index < -0.39 is 5.82 Å². The van der Waals surface area contributed by atoms with Gasteiger partial charge in [-0.05, 0) is 50.6 Å². The van der Waals surface area contributed by atoms with Crippen molar-refractivity contribution in [3.05, 3.63) is 64.5 Å². The summed E-state index contributed by atoms with van der Waals surface area (Å²) in [5.41, 5.74) is 3.58. The number of amides is 1. The molecule has 98 valence electrons. The van der Waals surface area contributed by atoms with Crippen LogP contribution in [0.5, 0.6) is 0 Å². The molecule has 0 aromatic heterocycles. The Balaban J connectivity index is 2.25. The zero-order valence-electron chi connectivity index (χ0n) is 11.3. The third kappa shape index (κ3) is 3.19. The highest BCUT2D eigenvalue weighted by molar-refractivity contribution is 6.04. The highest BCUT2D eigenvalue weighted by atomic mass is 19.1. The molecule has 0 unspecified atom stereocenters.